The second-order valence-electron chi connectivity index (χ2n) is 6.19. The summed E-state index contributed by atoms with van der Waals surface area (Å²) in [7, 11) is -3.65. The number of rotatable bonds is 5. The van der Waals surface area contributed by atoms with Gasteiger partial charge in [0.05, 0.1) is 11.4 Å². The van der Waals surface area contributed by atoms with Crippen molar-refractivity contribution >= 4 is 38.7 Å². The molecule has 2 aliphatic heterocycles. The average molecular weight is 383 g/mol. The van der Waals surface area contributed by atoms with Gasteiger partial charge in [-0.15, -0.1) is 0 Å². The summed E-state index contributed by atoms with van der Waals surface area (Å²) in [6.45, 7) is 3.21. The van der Waals surface area contributed by atoms with E-state index >= 15 is 0 Å². The highest BCUT2D eigenvalue weighted by molar-refractivity contribution is 7.89. The zero-order valence-corrected chi connectivity index (χ0v) is 15.6. The quantitative estimate of drug-likeness (QED) is 0.841. The molecule has 1 fully saturated rings. The summed E-state index contributed by atoms with van der Waals surface area (Å²) in [6.07, 6.45) is 1.03. The number of benzene rings is 1. The molecule has 1 aromatic rings. The van der Waals surface area contributed by atoms with Crippen molar-refractivity contribution in [3.8, 4) is 0 Å². The van der Waals surface area contributed by atoms with Crippen molar-refractivity contribution in [1.82, 2.24) is 9.21 Å². The molecule has 1 atom stereocenters. The first-order valence-electron chi connectivity index (χ1n) is 8.14. The molecule has 8 nitrogen and oxygen atoms in total. The summed E-state index contributed by atoms with van der Waals surface area (Å²) in [5.74, 6) is 0.0279. The van der Waals surface area contributed by atoms with Gasteiger partial charge in [-0.3, -0.25) is 4.79 Å². The number of carbonyl (C=O) groups is 1. The van der Waals surface area contributed by atoms with Gasteiger partial charge in [0.2, 0.25) is 15.9 Å². The molecule has 0 spiro atoms. The zero-order valence-electron chi connectivity index (χ0n) is 14.0. The van der Waals surface area contributed by atoms with Gasteiger partial charge in [-0.05, 0) is 25.5 Å². The maximum atomic E-state index is 12.9. The summed E-state index contributed by atoms with van der Waals surface area (Å²) in [6, 6.07) is 4.95. The predicted molar refractivity (Wildman–Crippen MR) is 96.2 cm³/mol. The number of amides is 1. The number of piperazine rings is 1. The maximum absolute atomic E-state index is 12.9. The van der Waals surface area contributed by atoms with Crippen molar-refractivity contribution in [3.05, 3.63) is 18.2 Å². The smallest absolute Gasteiger partial charge is 0.245 e. The number of sulfonamides is 1. The van der Waals surface area contributed by atoms with Crippen LogP contribution in [0.2, 0.25) is 0 Å². The van der Waals surface area contributed by atoms with Crippen molar-refractivity contribution in [2.24, 2.45) is 14.5 Å². The number of nitrogens with zero attached hydrogens (tertiary/aromatic N) is 4. The van der Waals surface area contributed by atoms with Crippen LogP contribution in [-0.2, 0) is 26.2 Å². The van der Waals surface area contributed by atoms with E-state index in [4.69, 9.17) is 5.73 Å². The minimum absolute atomic E-state index is 0.0159. The first-order valence-corrected chi connectivity index (χ1v) is 10.3. The van der Waals surface area contributed by atoms with E-state index in [0.29, 0.717) is 37.3 Å². The minimum Gasteiger partial charge on any atom is -0.340 e. The lowest BCUT2D eigenvalue weighted by Gasteiger charge is -2.34. The van der Waals surface area contributed by atoms with Crippen molar-refractivity contribution in [2.45, 2.75) is 30.7 Å². The summed E-state index contributed by atoms with van der Waals surface area (Å²) in [4.78, 5) is 14.0. The molecule has 1 amide bonds. The second kappa shape index (κ2) is 7.32. The lowest BCUT2D eigenvalue weighted by Crippen LogP contribution is -2.50. The molecular weight excluding hydrogens is 362 g/mol. The summed E-state index contributed by atoms with van der Waals surface area (Å²) in [5.41, 5.74) is 6.67. The van der Waals surface area contributed by atoms with E-state index in [1.54, 1.807) is 23.1 Å². The Hall–Kier alpha value is -1.62. The molecule has 0 aromatic heterocycles. The first-order chi connectivity index (χ1) is 11.9. The molecular formula is C15H21N5O3S2. The van der Waals surface area contributed by atoms with Gasteiger partial charge in [0.25, 0.3) is 0 Å². The van der Waals surface area contributed by atoms with Crippen LogP contribution in [0.15, 0.2) is 31.8 Å². The molecule has 1 unspecified atom stereocenters. The maximum Gasteiger partial charge on any atom is 0.245 e. The van der Waals surface area contributed by atoms with Crippen molar-refractivity contribution in [2.75, 3.05) is 26.2 Å². The van der Waals surface area contributed by atoms with E-state index in [1.807, 2.05) is 6.92 Å². The number of fused-ring (bicyclic) bond motifs is 1. The molecule has 10 heteroatoms. The lowest BCUT2D eigenvalue weighted by atomic mass is 10.2. The van der Waals surface area contributed by atoms with Crippen molar-refractivity contribution in [3.63, 3.8) is 0 Å². The molecule has 0 saturated carbocycles. The highest BCUT2D eigenvalue weighted by Crippen LogP contribution is 2.38. The largest absolute Gasteiger partial charge is 0.340 e. The monoisotopic (exact) mass is 383 g/mol. The number of nitrogens with two attached hydrogens (primary N) is 1. The van der Waals surface area contributed by atoms with Crippen LogP contribution in [0.25, 0.3) is 0 Å². The van der Waals surface area contributed by atoms with Gasteiger partial charge in [-0.25, -0.2) is 8.42 Å². The van der Waals surface area contributed by atoms with Crippen molar-refractivity contribution in [1.29, 1.82) is 0 Å². The third-order valence-electron chi connectivity index (χ3n) is 4.27. The van der Waals surface area contributed by atoms with Crippen LogP contribution >= 0.6 is 0 Å². The molecule has 2 aliphatic rings. The third kappa shape index (κ3) is 3.81. The molecule has 2 heterocycles. The number of hydrogen-bond acceptors (Lipinski definition) is 6. The van der Waals surface area contributed by atoms with E-state index < -0.39 is 10.0 Å². The van der Waals surface area contributed by atoms with E-state index in [0.717, 1.165) is 11.4 Å². The van der Waals surface area contributed by atoms with Crippen LogP contribution in [0, 0.1) is 0 Å². The average Bonchev–Trinajstić information content (AvgIpc) is 3.08. The number of carbonyl (C=O) groups excluding carboxylic acids is 1. The van der Waals surface area contributed by atoms with Gasteiger partial charge >= 0.3 is 0 Å². The fourth-order valence-electron chi connectivity index (χ4n) is 2.82. The molecule has 3 rings (SSSR count). The fraction of sp³-hybridized carbons (Fsp3) is 0.533. The van der Waals surface area contributed by atoms with Crippen LogP contribution in [-0.4, -0.2) is 55.8 Å². The third-order valence-corrected chi connectivity index (χ3v) is 6.74. The molecule has 25 heavy (non-hydrogen) atoms. The van der Waals surface area contributed by atoms with Crippen LogP contribution in [0.5, 0.6) is 0 Å². The molecule has 0 radical (unpaired) electrons. The molecule has 0 aliphatic carbocycles. The van der Waals surface area contributed by atoms with Gasteiger partial charge in [0.1, 0.15) is 16.3 Å². The van der Waals surface area contributed by atoms with E-state index in [2.05, 4.69) is 8.73 Å². The molecule has 136 valence electrons. The SMILES string of the molecule is CC(N)CCC(=O)N1CCN(S(=O)(=O)c2cccc3c2N=S=N3)CC1. The Morgan fingerprint density at radius 1 is 1.28 bits per heavy atom. The fourth-order valence-corrected chi connectivity index (χ4v) is 4.99. The van der Waals surface area contributed by atoms with Gasteiger partial charge < -0.3 is 10.6 Å². The number of hydrogen-bond donors (Lipinski definition) is 1. The Morgan fingerprint density at radius 3 is 2.68 bits per heavy atom. The van der Waals surface area contributed by atoms with Gasteiger partial charge in [-0.1, -0.05) is 6.07 Å². The summed E-state index contributed by atoms with van der Waals surface area (Å²) in [5, 5.41) is 0. The lowest BCUT2D eigenvalue weighted by molar-refractivity contribution is -0.132. The molecule has 0 bridgehead atoms. The van der Waals surface area contributed by atoms with Crippen molar-refractivity contribution < 1.29 is 13.2 Å². The first kappa shape index (κ1) is 18.2. The van der Waals surface area contributed by atoms with Gasteiger partial charge in [0.15, 0.2) is 0 Å². The summed E-state index contributed by atoms with van der Waals surface area (Å²) >= 11 is 0.996. The Labute approximate surface area is 150 Å². The highest BCUT2D eigenvalue weighted by Gasteiger charge is 2.32. The Kier molecular flexibility index (Phi) is 5.32. The standard InChI is InChI=1S/C15H21N5O3S2/c1-11(16)5-6-14(21)19-7-9-20(10-8-19)25(22,23)13-4-2-3-12-15(13)18-24-17-12/h2-4,11H,5-10,16H2,1H3. The topological polar surface area (TPSA) is 108 Å². The van der Waals surface area contributed by atoms with Crippen LogP contribution < -0.4 is 5.73 Å². The van der Waals surface area contributed by atoms with Gasteiger partial charge in [-0.2, -0.15) is 13.0 Å². The van der Waals surface area contributed by atoms with E-state index in [9.17, 15) is 13.2 Å². The van der Waals surface area contributed by atoms with Crippen LogP contribution in [0.3, 0.4) is 0 Å². The van der Waals surface area contributed by atoms with Crippen LogP contribution in [0.4, 0.5) is 11.4 Å². The molecule has 2 N–H and O–H groups in total. The summed E-state index contributed by atoms with van der Waals surface area (Å²) < 4.78 is 35.5. The van der Waals surface area contributed by atoms with E-state index in [-0.39, 0.29) is 29.9 Å². The second-order valence-corrected chi connectivity index (χ2v) is 8.62. The normalized spacial score (nSPS) is 18.7. The Bertz CT molecular complexity index is 839. The zero-order chi connectivity index (χ0) is 18.0. The predicted octanol–water partition coefficient (Wildman–Crippen LogP) is 1.37. The van der Waals surface area contributed by atoms with Gasteiger partial charge in [0, 0.05) is 38.6 Å². The minimum atomic E-state index is -3.65. The Balaban J connectivity index is 1.68. The molecule has 1 aromatic carbocycles. The van der Waals surface area contributed by atoms with Crippen LogP contribution in [0.1, 0.15) is 19.8 Å². The Morgan fingerprint density at radius 2 is 2.00 bits per heavy atom. The molecule has 1 saturated heterocycles. The highest BCUT2D eigenvalue weighted by atomic mass is 32.2. The van der Waals surface area contributed by atoms with E-state index in [1.165, 1.54) is 4.31 Å².